The van der Waals surface area contributed by atoms with Gasteiger partial charge in [-0.1, -0.05) is 42.5 Å². The van der Waals surface area contributed by atoms with Crippen LogP contribution in [0.25, 0.3) is 22.4 Å². The zero-order chi connectivity index (χ0) is 15.7. The Balaban J connectivity index is 2.13. The van der Waals surface area contributed by atoms with Crippen molar-refractivity contribution in [3.63, 3.8) is 0 Å². The fourth-order valence-corrected chi connectivity index (χ4v) is 2.95. The van der Waals surface area contributed by atoms with Crippen LogP contribution in [-0.4, -0.2) is 24.9 Å². The molecule has 0 spiro atoms. The maximum Gasteiger partial charge on any atom is 0.272 e. The van der Waals surface area contributed by atoms with Gasteiger partial charge in [0.1, 0.15) is 0 Å². The molecule has 2 aromatic carbocycles. The molecule has 0 aliphatic rings. The Morgan fingerprint density at radius 1 is 0.818 bits per heavy atom. The zero-order valence-electron chi connectivity index (χ0n) is 11.8. The molecule has 22 heavy (non-hydrogen) atoms. The lowest BCUT2D eigenvalue weighted by Gasteiger charge is -2.04. The molecule has 1 heterocycles. The summed E-state index contributed by atoms with van der Waals surface area (Å²) in [6.07, 6.45) is 1.16. The van der Waals surface area contributed by atoms with E-state index in [0.29, 0.717) is 11.3 Å². The monoisotopic (exact) mass is 314 g/mol. The molecule has 0 amide bonds. The van der Waals surface area contributed by atoms with Crippen LogP contribution in [-0.2, 0) is 9.84 Å². The van der Waals surface area contributed by atoms with Gasteiger partial charge in [-0.3, -0.25) is 15.0 Å². The standard InChI is InChI=1S/C16H14N2O3S/c1-22(20,21)13-9-7-12(8-10-13)15-14(16(19)18-17-15)11-5-3-2-4-6-11/h2-10H,1H3,(H2,17,18,19). The number of benzene rings is 2. The molecule has 1 aromatic heterocycles. The van der Waals surface area contributed by atoms with Crippen molar-refractivity contribution in [2.45, 2.75) is 4.90 Å². The summed E-state index contributed by atoms with van der Waals surface area (Å²) in [7, 11) is -3.24. The quantitative estimate of drug-likeness (QED) is 0.779. The third-order valence-electron chi connectivity index (χ3n) is 3.41. The lowest BCUT2D eigenvalue weighted by atomic mass is 10.0. The first kappa shape index (κ1) is 14.3. The first-order chi connectivity index (χ1) is 10.5. The van der Waals surface area contributed by atoms with Crippen LogP contribution >= 0.6 is 0 Å². The van der Waals surface area contributed by atoms with E-state index in [1.807, 2.05) is 30.3 Å². The Morgan fingerprint density at radius 2 is 1.45 bits per heavy atom. The smallest absolute Gasteiger partial charge is 0.272 e. The Kier molecular flexibility index (Phi) is 3.46. The molecule has 0 fully saturated rings. The summed E-state index contributed by atoms with van der Waals surface area (Å²) in [5.74, 6) is 0. The highest BCUT2D eigenvalue weighted by Crippen LogP contribution is 2.27. The van der Waals surface area contributed by atoms with Crippen molar-refractivity contribution in [1.82, 2.24) is 10.2 Å². The molecule has 5 nitrogen and oxygen atoms in total. The number of aromatic amines is 2. The van der Waals surface area contributed by atoms with Crippen molar-refractivity contribution >= 4 is 9.84 Å². The summed E-state index contributed by atoms with van der Waals surface area (Å²) in [4.78, 5) is 12.3. The van der Waals surface area contributed by atoms with Crippen LogP contribution < -0.4 is 5.56 Å². The van der Waals surface area contributed by atoms with E-state index in [-0.39, 0.29) is 10.5 Å². The first-order valence-corrected chi connectivity index (χ1v) is 8.52. The second-order valence-electron chi connectivity index (χ2n) is 4.99. The largest absolute Gasteiger partial charge is 0.297 e. The molecule has 2 N–H and O–H groups in total. The van der Waals surface area contributed by atoms with Crippen LogP contribution in [0, 0.1) is 0 Å². The first-order valence-electron chi connectivity index (χ1n) is 6.63. The second kappa shape index (κ2) is 5.31. The number of aromatic nitrogens is 2. The highest BCUT2D eigenvalue weighted by Gasteiger charge is 2.14. The molecular formula is C16H14N2O3S. The van der Waals surface area contributed by atoms with Gasteiger partial charge in [-0.2, -0.15) is 0 Å². The summed E-state index contributed by atoms with van der Waals surface area (Å²) in [6, 6.07) is 15.7. The number of sulfone groups is 1. The normalized spacial score (nSPS) is 11.5. The summed E-state index contributed by atoms with van der Waals surface area (Å²) in [6.45, 7) is 0. The average Bonchev–Trinajstić information content (AvgIpc) is 2.89. The van der Waals surface area contributed by atoms with Crippen molar-refractivity contribution in [2.75, 3.05) is 6.26 Å². The maximum atomic E-state index is 12.1. The topological polar surface area (TPSA) is 82.8 Å². The second-order valence-corrected chi connectivity index (χ2v) is 7.01. The predicted molar refractivity (Wildman–Crippen MR) is 85.4 cm³/mol. The molecule has 0 saturated carbocycles. The molecule has 0 atom stereocenters. The fraction of sp³-hybridized carbons (Fsp3) is 0.0625. The third kappa shape index (κ3) is 2.60. The summed E-state index contributed by atoms with van der Waals surface area (Å²) in [5.41, 5.74) is 2.49. The minimum absolute atomic E-state index is 0.214. The van der Waals surface area contributed by atoms with Crippen LogP contribution in [0.5, 0.6) is 0 Å². The minimum atomic E-state index is -3.24. The molecule has 0 radical (unpaired) electrons. The van der Waals surface area contributed by atoms with Gasteiger partial charge in [0.2, 0.25) is 0 Å². The van der Waals surface area contributed by atoms with E-state index in [4.69, 9.17) is 0 Å². The predicted octanol–water partition coefficient (Wildman–Crippen LogP) is 2.44. The number of hydrogen-bond acceptors (Lipinski definition) is 3. The number of hydrogen-bond donors (Lipinski definition) is 2. The van der Waals surface area contributed by atoms with E-state index < -0.39 is 9.84 Å². The van der Waals surface area contributed by atoms with Crippen LogP contribution in [0.4, 0.5) is 0 Å². The van der Waals surface area contributed by atoms with Crippen LogP contribution in [0.1, 0.15) is 0 Å². The van der Waals surface area contributed by atoms with Gasteiger partial charge in [0.05, 0.1) is 16.2 Å². The van der Waals surface area contributed by atoms with Gasteiger partial charge in [-0.25, -0.2) is 8.42 Å². The highest BCUT2D eigenvalue weighted by molar-refractivity contribution is 7.90. The zero-order valence-corrected chi connectivity index (χ0v) is 12.6. The van der Waals surface area contributed by atoms with Gasteiger partial charge in [-0.15, -0.1) is 0 Å². The van der Waals surface area contributed by atoms with Gasteiger partial charge in [0.25, 0.3) is 5.56 Å². The van der Waals surface area contributed by atoms with E-state index in [0.717, 1.165) is 17.4 Å². The van der Waals surface area contributed by atoms with Gasteiger partial charge in [0, 0.05) is 11.8 Å². The van der Waals surface area contributed by atoms with Crippen molar-refractivity contribution in [3.8, 4) is 22.4 Å². The van der Waals surface area contributed by atoms with Crippen LogP contribution in [0.3, 0.4) is 0 Å². The number of H-pyrrole nitrogens is 2. The molecule has 0 bridgehead atoms. The molecule has 0 aliphatic carbocycles. The van der Waals surface area contributed by atoms with Crippen molar-refractivity contribution in [3.05, 3.63) is 65.0 Å². The van der Waals surface area contributed by atoms with Gasteiger partial charge >= 0.3 is 0 Å². The Bertz CT molecular complexity index is 953. The molecular weight excluding hydrogens is 300 g/mol. The minimum Gasteiger partial charge on any atom is -0.297 e. The third-order valence-corrected chi connectivity index (χ3v) is 4.54. The Hall–Kier alpha value is -2.60. The summed E-state index contributed by atoms with van der Waals surface area (Å²) < 4.78 is 23.0. The van der Waals surface area contributed by atoms with Gasteiger partial charge in [0.15, 0.2) is 9.84 Å². The molecule has 0 unspecified atom stereocenters. The van der Waals surface area contributed by atoms with Crippen molar-refractivity contribution < 1.29 is 8.42 Å². The summed E-state index contributed by atoms with van der Waals surface area (Å²) >= 11 is 0. The van der Waals surface area contributed by atoms with E-state index in [9.17, 15) is 13.2 Å². The molecule has 6 heteroatoms. The summed E-state index contributed by atoms with van der Waals surface area (Å²) in [5, 5.41) is 5.44. The Labute approximate surface area is 127 Å². The fourth-order valence-electron chi connectivity index (χ4n) is 2.32. The van der Waals surface area contributed by atoms with E-state index in [2.05, 4.69) is 10.2 Å². The molecule has 112 valence electrons. The lowest BCUT2D eigenvalue weighted by molar-refractivity contribution is 0.602. The van der Waals surface area contributed by atoms with Crippen molar-refractivity contribution in [2.24, 2.45) is 0 Å². The SMILES string of the molecule is CS(=O)(=O)c1ccc(-c2[nH][nH]c(=O)c2-c2ccccc2)cc1. The Morgan fingerprint density at radius 3 is 2.05 bits per heavy atom. The molecule has 3 aromatic rings. The molecule has 0 aliphatic heterocycles. The van der Waals surface area contributed by atoms with Gasteiger partial charge in [-0.05, 0) is 17.7 Å². The number of nitrogens with one attached hydrogen (secondary N) is 2. The van der Waals surface area contributed by atoms with E-state index in [1.54, 1.807) is 12.1 Å². The average molecular weight is 314 g/mol. The van der Waals surface area contributed by atoms with E-state index in [1.165, 1.54) is 12.1 Å². The van der Waals surface area contributed by atoms with E-state index >= 15 is 0 Å². The number of rotatable bonds is 3. The van der Waals surface area contributed by atoms with Crippen molar-refractivity contribution in [1.29, 1.82) is 0 Å². The molecule has 3 rings (SSSR count). The highest BCUT2D eigenvalue weighted by atomic mass is 32.2. The van der Waals surface area contributed by atoms with Crippen LogP contribution in [0.2, 0.25) is 0 Å². The maximum absolute atomic E-state index is 12.1. The van der Waals surface area contributed by atoms with Crippen LogP contribution in [0.15, 0.2) is 64.3 Å². The van der Waals surface area contributed by atoms with Gasteiger partial charge < -0.3 is 0 Å². The lowest BCUT2D eigenvalue weighted by Crippen LogP contribution is -2.01. The molecule has 0 saturated heterocycles.